The molecule has 2 aromatic rings. The third-order valence-electron chi connectivity index (χ3n) is 5.02. The lowest BCUT2D eigenvalue weighted by atomic mass is 9.95. The van der Waals surface area contributed by atoms with E-state index in [1.165, 1.54) is 6.42 Å². The molecule has 1 fully saturated rings. The second-order valence-corrected chi connectivity index (χ2v) is 7.98. The summed E-state index contributed by atoms with van der Waals surface area (Å²) in [6, 6.07) is 5.08. The van der Waals surface area contributed by atoms with Crippen molar-refractivity contribution in [1.29, 1.82) is 0 Å². The summed E-state index contributed by atoms with van der Waals surface area (Å²) in [7, 11) is 0. The first kappa shape index (κ1) is 20.7. The Morgan fingerprint density at radius 3 is 2.54 bits per heavy atom. The van der Waals surface area contributed by atoms with Crippen molar-refractivity contribution in [2.75, 3.05) is 5.32 Å². The molecule has 1 aromatic heterocycles. The van der Waals surface area contributed by atoms with Gasteiger partial charge in [0.15, 0.2) is 0 Å². The van der Waals surface area contributed by atoms with Gasteiger partial charge in [0, 0.05) is 11.7 Å². The van der Waals surface area contributed by atoms with Gasteiger partial charge in [0.2, 0.25) is 5.91 Å². The fraction of sp³-hybridized carbons (Fsp3) is 0.450. The second kappa shape index (κ2) is 8.97. The fourth-order valence-corrected chi connectivity index (χ4v) is 3.79. The second-order valence-electron chi connectivity index (χ2n) is 7.19. The first-order chi connectivity index (χ1) is 13.3. The molecule has 0 unspecified atom stereocenters. The van der Waals surface area contributed by atoms with E-state index in [1.807, 2.05) is 6.92 Å². The maximum absolute atomic E-state index is 12.6. The van der Waals surface area contributed by atoms with Crippen molar-refractivity contribution in [3.63, 3.8) is 0 Å². The van der Waals surface area contributed by atoms with Gasteiger partial charge in [-0.15, -0.1) is 0 Å². The number of hydrogen-bond donors (Lipinski definition) is 2. The summed E-state index contributed by atoms with van der Waals surface area (Å²) in [5, 5.41) is 11.0. The first-order valence-corrected chi connectivity index (χ1v) is 10.2. The number of nitrogens with one attached hydrogen (secondary N) is 2. The number of nitrogens with zero attached hydrogens (tertiary/aromatic N) is 2. The molecular weight excluding hydrogens is 399 g/mol. The number of aromatic nitrogens is 2. The zero-order chi connectivity index (χ0) is 20.3. The average Bonchev–Trinajstić information content (AvgIpc) is 2.90. The topological polar surface area (TPSA) is 76.0 Å². The molecule has 2 amide bonds. The Balaban J connectivity index is 1.67. The lowest BCUT2D eigenvalue weighted by Gasteiger charge is -2.23. The molecule has 0 aliphatic heterocycles. The van der Waals surface area contributed by atoms with E-state index in [0.717, 1.165) is 31.4 Å². The van der Waals surface area contributed by atoms with Crippen LogP contribution in [0.5, 0.6) is 0 Å². The van der Waals surface area contributed by atoms with Crippen LogP contribution in [0.3, 0.4) is 0 Å². The van der Waals surface area contributed by atoms with Gasteiger partial charge in [0.25, 0.3) is 5.91 Å². The van der Waals surface area contributed by atoms with Gasteiger partial charge >= 0.3 is 0 Å². The monoisotopic (exact) mass is 422 g/mol. The van der Waals surface area contributed by atoms with Crippen LogP contribution in [0, 0.1) is 13.8 Å². The minimum atomic E-state index is -0.261. The van der Waals surface area contributed by atoms with Gasteiger partial charge in [-0.05, 0) is 44.9 Å². The molecule has 0 atom stereocenters. The maximum atomic E-state index is 12.6. The number of carbonyl (C=O) groups is 2. The summed E-state index contributed by atoms with van der Waals surface area (Å²) in [5.41, 5.74) is 2.29. The Hall–Kier alpha value is -2.05. The normalized spacial score (nSPS) is 14.7. The Morgan fingerprint density at radius 2 is 1.89 bits per heavy atom. The Labute approximate surface area is 174 Å². The highest BCUT2D eigenvalue weighted by molar-refractivity contribution is 6.34. The molecule has 1 heterocycles. The van der Waals surface area contributed by atoms with Gasteiger partial charge in [-0.1, -0.05) is 42.5 Å². The van der Waals surface area contributed by atoms with Gasteiger partial charge in [0.05, 0.1) is 27.0 Å². The van der Waals surface area contributed by atoms with E-state index in [9.17, 15) is 9.59 Å². The summed E-state index contributed by atoms with van der Waals surface area (Å²) >= 11 is 12.3. The molecule has 8 heteroatoms. The van der Waals surface area contributed by atoms with Crippen LogP contribution in [0.4, 0.5) is 5.69 Å². The average molecular weight is 423 g/mol. The van der Waals surface area contributed by atoms with Crippen molar-refractivity contribution in [2.45, 2.75) is 58.5 Å². The van der Waals surface area contributed by atoms with E-state index in [1.54, 1.807) is 29.8 Å². The van der Waals surface area contributed by atoms with Crippen molar-refractivity contribution >= 4 is 40.7 Å². The molecular formula is C20H24Cl2N4O2. The highest BCUT2D eigenvalue weighted by Gasteiger charge is 2.19. The summed E-state index contributed by atoms with van der Waals surface area (Å²) in [6.45, 7) is 3.64. The fourth-order valence-electron chi connectivity index (χ4n) is 3.45. The van der Waals surface area contributed by atoms with Crippen molar-refractivity contribution in [3.05, 3.63) is 45.2 Å². The summed E-state index contributed by atoms with van der Waals surface area (Å²) < 4.78 is 1.56. The molecule has 0 saturated heterocycles. The Bertz CT molecular complexity index is 889. The van der Waals surface area contributed by atoms with E-state index >= 15 is 0 Å². The number of hydrogen-bond acceptors (Lipinski definition) is 3. The summed E-state index contributed by atoms with van der Waals surface area (Å²) in [4.78, 5) is 25.0. The summed E-state index contributed by atoms with van der Waals surface area (Å²) in [5.74, 6) is -0.471. The van der Waals surface area contributed by atoms with Gasteiger partial charge < -0.3 is 10.6 Å². The number of halogens is 2. The minimum Gasteiger partial charge on any atom is -0.349 e. The predicted octanol–water partition coefficient (Wildman–Crippen LogP) is 4.51. The minimum absolute atomic E-state index is 0.0334. The van der Waals surface area contributed by atoms with Crippen LogP contribution in [0.2, 0.25) is 10.0 Å². The number of aryl methyl sites for hydroxylation is 1. The van der Waals surface area contributed by atoms with E-state index in [4.69, 9.17) is 23.2 Å². The van der Waals surface area contributed by atoms with Crippen molar-refractivity contribution < 1.29 is 9.59 Å². The van der Waals surface area contributed by atoms with Crippen LogP contribution < -0.4 is 10.6 Å². The number of rotatable bonds is 5. The smallest absolute Gasteiger partial charge is 0.253 e. The van der Waals surface area contributed by atoms with Crippen LogP contribution in [0.15, 0.2) is 18.2 Å². The highest BCUT2D eigenvalue weighted by atomic mass is 35.5. The van der Waals surface area contributed by atoms with Crippen LogP contribution in [-0.2, 0) is 11.3 Å². The van der Waals surface area contributed by atoms with E-state index in [-0.39, 0.29) is 24.4 Å². The molecule has 0 radical (unpaired) electrons. The third-order valence-corrected chi connectivity index (χ3v) is 5.90. The van der Waals surface area contributed by atoms with Crippen LogP contribution in [0.1, 0.15) is 53.8 Å². The number of benzene rings is 1. The maximum Gasteiger partial charge on any atom is 0.253 e. The molecule has 1 aliphatic rings. The van der Waals surface area contributed by atoms with Crippen LogP contribution >= 0.6 is 23.2 Å². The predicted molar refractivity (Wildman–Crippen MR) is 111 cm³/mol. The van der Waals surface area contributed by atoms with Crippen molar-refractivity contribution in [3.8, 4) is 0 Å². The van der Waals surface area contributed by atoms with Gasteiger partial charge in [-0.3, -0.25) is 14.3 Å². The van der Waals surface area contributed by atoms with Crippen molar-refractivity contribution in [2.24, 2.45) is 0 Å². The number of carbonyl (C=O) groups excluding carboxylic acids is 2. The van der Waals surface area contributed by atoms with E-state index < -0.39 is 0 Å². The first-order valence-electron chi connectivity index (χ1n) is 9.45. The van der Waals surface area contributed by atoms with Crippen LogP contribution in [-0.4, -0.2) is 27.6 Å². The Kier molecular flexibility index (Phi) is 6.62. The zero-order valence-corrected chi connectivity index (χ0v) is 17.5. The molecule has 2 N–H and O–H groups in total. The molecule has 150 valence electrons. The molecule has 28 heavy (non-hydrogen) atoms. The largest absolute Gasteiger partial charge is 0.349 e. The SMILES string of the molecule is Cc1nn(CC(=O)Nc2ccc(Cl)c(C(=O)NC3CCCCC3)c2)c(C)c1Cl. The summed E-state index contributed by atoms with van der Waals surface area (Å²) in [6.07, 6.45) is 5.46. The van der Waals surface area contributed by atoms with Crippen LogP contribution in [0.25, 0.3) is 0 Å². The van der Waals surface area contributed by atoms with Gasteiger partial charge in [0.1, 0.15) is 6.54 Å². The molecule has 1 aromatic carbocycles. The third kappa shape index (κ3) is 4.86. The molecule has 1 aliphatic carbocycles. The molecule has 0 bridgehead atoms. The van der Waals surface area contributed by atoms with Crippen molar-refractivity contribution in [1.82, 2.24) is 15.1 Å². The van der Waals surface area contributed by atoms with Gasteiger partial charge in [-0.25, -0.2) is 0 Å². The molecule has 0 spiro atoms. The quantitative estimate of drug-likeness (QED) is 0.743. The molecule has 6 nitrogen and oxygen atoms in total. The number of anilines is 1. The molecule has 3 rings (SSSR count). The zero-order valence-electron chi connectivity index (χ0n) is 16.0. The van der Waals surface area contributed by atoms with Gasteiger partial charge in [-0.2, -0.15) is 5.10 Å². The van der Waals surface area contributed by atoms with E-state index in [2.05, 4.69) is 15.7 Å². The number of amides is 2. The lowest BCUT2D eigenvalue weighted by molar-refractivity contribution is -0.116. The lowest BCUT2D eigenvalue weighted by Crippen LogP contribution is -2.36. The highest BCUT2D eigenvalue weighted by Crippen LogP contribution is 2.23. The Morgan fingerprint density at radius 1 is 1.18 bits per heavy atom. The van der Waals surface area contributed by atoms with E-state index in [0.29, 0.717) is 27.0 Å². The molecule has 1 saturated carbocycles. The standard InChI is InChI=1S/C20H24Cl2N4O2/c1-12-19(22)13(2)26(25-12)11-18(27)23-15-8-9-17(21)16(10-15)20(28)24-14-6-4-3-5-7-14/h8-10,14H,3-7,11H2,1-2H3,(H,23,27)(H,24,28).